The maximum absolute atomic E-state index is 11.5. The topological polar surface area (TPSA) is 50.4 Å². The summed E-state index contributed by atoms with van der Waals surface area (Å²) in [4.78, 5) is 11.5. The monoisotopic (exact) mass is 422 g/mol. The second-order valence-corrected chi connectivity index (χ2v) is 6.53. The van der Waals surface area contributed by atoms with Crippen LogP contribution in [0.15, 0.2) is 43.7 Å². The zero-order valence-electron chi connectivity index (χ0n) is 11.7. The number of phenolic OH excluding ortho intramolecular Hbond substituents is 1. The van der Waals surface area contributed by atoms with Crippen LogP contribution in [0.5, 0.6) is 5.75 Å². The third kappa shape index (κ3) is 2.38. The molecular formula is C17H12Br2O3. The van der Waals surface area contributed by atoms with E-state index in [1.807, 2.05) is 25.1 Å². The van der Waals surface area contributed by atoms with E-state index in [4.69, 9.17) is 4.42 Å². The molecule has 0 aliphatic heterocycles. The van der Waals surface area contributed by atoms with Crippen molar-refractivity contribution in [2.45, 2.75) is 13.3 Å². The molecule has 22 heavy (non-hydrogen) atoms. The molecule has 0 spiro atoms. The number of hydrogen-bond acceptors (Lipinski definition) is 3. The molecule has 0 aliphatic rings. The first-order valence-corrected chi connectivity index (χ1v) is 8.33. The van der Waals surface area contributed by atoms with Crippen molar-refractivity contribution in [1.82, 2.24) is 0 Å². The van der Waals surface area contributed by atoms with Gasteiger partial charge < -0.3 is 9.52 Å². The Morgan fingerprint density at radius 2 is 1.91 bits per heavy atom. The van der Waals surface area contributed by atoms with Crippen molar-refractivity contribution in [3.05, 3.63) is 50.6 Å². The molecule has 0 amide bonds. The predicted octanol–water partition coefficient (Wildman–Crippen LogP) is 5.71. The zero-order valence-corrected chi connectivity index (χ0v) is 14.9. The van der Waals surface area contributed by atoms with Gasteiger partial charge in [0.2, 0.25) is 0 Å². The molecule has 3 rings (SSSR count). The van der Waals surface area contributed by atoms with Gasteiger partial charge in [-0.05, 0) is 55.6 Å². The number of aldehydes is 1. The number of furan rings is 1. The Bertz CT molecular complexity index is 864. The number of aryl methyl sites for hydroxylation is 1. The number of carbonyl (C=O) groups is 1. The van der Waals surface area contributed by atoms with Gasteiger partial charge in [0.1, 0.15) is 17.1 Å². The van der Waals surface area contributed by atoms with Gasteiger partial charge in [-0.2, -0.15) is 0 Å². The predicted molar refractivity (Wildman–Crippen MR) is 93.5 cm³/mol. The Kier molecular flexibility index (Phi) is 4.10. The number of phenols is 1. The summed E-state index contributed by atoms with van der Waals surface area (Å²) < 4.78 is 7.43. The Balaban J connectivity index is 2.36. The van der Waals surface area contributed by atoms with E-state index in [9.17, 15) is 9.90 Å². The standard InChI is InChI=1S/C17H12Br2O3/c1-2-13-11(8-20)16-14(22-13)7-12(18)15(17(16)19)9-3-5-10(21)6-4-9/h3-8,21H,2H2,1H3. The van der Waals surface area contributed by atoms with Crippen LogP contribution in [0.2, 0.25) is 0 Å². The lowest BCUT2D eigenvalue weighted by atomic mass is 10.0. The van der Waals surface area contributed by atoms with Gasteiger partial charge in [-0.1, -0.05) is 19.1 Å². The number of aromatic hydroxyl groups is 1. The molecule has 112 valence electrons. The smallest absolute Gasteiger partial charge is 0.154 e. The highest BCUT2D eigenvalue weighted by Gasteiger charge is 2.20. The fourth-order valence-electron chi connectivity index (χ4n) is 2.54. The molecule has 0 saturated carbocycles. The number of carbonyl (C=O) groups excluding carboxylic acids is 1. The van der Waals surface area contributed by atoms with Gasteiger partial charge in [-0.25, -0.2) is 0 Å². The van der Waals surface area contributed by atoms with E-state index >= 15 is 0 Å². The number of halogens is 2. The summed E-state index contributed by atoms with van der Waals surface area (Å²) >= 11 is 7.17. The first kappa shape index (κ1) is 15.3. The van der Waals surface area contributed by atoms with Crippen LogP contribution in [0.1, 0.15) is 23.0 Å². The van der Waals surface area contributed by atoms with Crippen molar-refractivity contribution in [2.75, 3.05) is 0 Å². The summed E-state index contributed by atoms with van der Waals surface area (Å²) in [5.74, 6) is 0.891. The molecular weight excluding hydrogens is 412 g/mol. The van der Waals surface area contributed by atoms with Crippen LogP contribution in [0.3, 0.4) is 0 Å². The van der Waals surface area contributed by atoms with Crippen LogP contribution >= 0.6 is 31.9 Å². The van der Waals surface area contributed by atoms with Gasteiger partial charge in [0.25, 0.3) is 0 Å². The third-order valence-corrected chi connectivity index (χ3v) is 5.00. The van der Waals surface area contributed by atoms with E-state index in [-0.39, 0.29) is 5.75 Å². The molecule has 5 heteroatoms. The van der Waals surface area contributed by atoms with Crippen molar-refractivity contribution in [1.29, 1.82) is 0 Å². The molecule has 3 aromatic rings. The number of fused-ring (bicyclic) bond motifs is 1. The molecule has 2 aromatic carbocycles. The van der Waals surface area contributed by atoms with E-state index in [0.717, 1.165) is 31.7 Å². The van der Waals surface area contributed by atoms with Crippen LogP contribution in [0, 0.1) is 0 Å². The lowest BCUT2D eigenvalue weighted by molar-refractivity contribution is 0.112. The van der Waals surface area contributed by atoms with E-state index in [2.05, 4.69) is 31.9 Å². The molecule has 0 aliphatic carbocycles. The molecule has 1 heterocycles. The highest BCUT2D eigenvalue weighted by Crippen LogP contribution is 2.43. The summed E-state index contributed by atoms with van der Waals surface area (Å²) in [7, 11) is 0. The molecule has 0 bridgehead atoms. The van der Waals surface area contributed by atoms with Crippen molar-refractivity contribution >= 4 is 49.1 Å². The summed E-state index contributed by atoms with van der Waals surface area (Å²) in [5, 5.41) is 10.2. The Morgan fingerprint density at radius 3 is 2.50 bits per heavy atom. The molecule has 3 nitrogen and oxygen atoms in total. The lowest BCUT2D eigenvalue weighted by Gasteiger charge is -2.09. The molecule has 0 unspecified atom stereocenters. The maximum atomic E-state index is 11.5. The van der Waals surface area contributed by atoms with Crippen LogP contribution in [-0.2, 0) is 6.42 Å². The average Bonchev–Trinajstić information content (AvgIpc) is 2.86. The Labute approximate surface area is 144 Å². The SMILES string of the molecule is CCc1oc2cc(Br)c(-c3ccc(O)cc3)c(Br)c2c1C=O. The van der Waals surface area contributed by atoms with Crippen molar-refractivity contribution in [3.8, 4) is 16.9 Å². The molecule has 1 aromatic heterocycles. The quantitative estimate of drug-likeness (QED) is 0.549. The third-order valence-electron chi connectivity index (χ3n) is 3.58. The van der Waals surface area contributed by atoms with E-state index < -0.39 is 0 Å². The Morgan fingerprint density at radius 1 is 1.23 bits per heavy atom. The van der Waals surface area contributed by atoms with E-state index in [1.54, 1.807) is 12.1 Å². The normalized spacial score (nSPS) is 11.0. The molecule has 0 saturated heterocycles. The second kappa shape index (κ2) is 5.89. The molecule has 0 atom stereocenters. The summed E-state index contributed by atoms with van der Waals surface area (Å²) in [5.41, 5.74) is 3.09. The highest BCUT2D eigenvalue weighted by molar-refractivity contribution is 9.11. The first-order chi connectivity index (χ1) is 10.6. The first-order valence-electron chi connectivity index (χ1n) is 6.74. The van der Waals surface area contributed by atoms with Gasteiger partial charge >= 0.3 is 0 Å². The highest BCUT2D eigenvalue weighted by atomic mass is 79.9. The molecule has 0 fully saturated rings. The zero-order chi connectivity index (χ0) is 15.9. The average molecular weight is 424 g/mol. The molecule has 0 radical (unpaired) electrons. The Hall–Kier alpha value is -1.59. The van der Waals surface area contributed by atoms with E-state index in [1.165, 1.54) is 0 Å². The van der Waals surface area contributed by atoms with Gasteiger partial charge in [0.15, 0.2) is 6.29 Å². The summed E-state index contributed by atoms with van der Waals surface area (Å²) in [6.07, 6.45) is 1.49. The fraction of sp³-hybridized carbons (Fsp3) is 0.118. The van der Waals surface area contributed by atoms with Crippen LogP contribution in [0.25, 0.3) is 22.1 Å². The largest absolute Gasteiger partial charge is 0.508 e. The number of hydrogen-bond donors (Lipinski definition) is 1. The van der Waals surface area contributed by atoms with Gasteiger partial charge in [-0.3, -0.25) is 4.79 Å². The minimum absolute atomic E-state index is 0.210. The number of benzene rings is 2. The van der Waals surface area contributed by atoms with Gasteiger partial charge in [0, 0.05) is 26.3 Å². The van der Waals surface area contributed by atoms with Crippen LogP contribution < -0.4 is 0 Å². The van der Waals surface area contributed by atoms with Crippen LogP contribution in [0.4, 0.5) is 0 Å². The van der Waals surface area contributed by atoms with Crippen LogP contribution in [-0.4, -0.2) is 11.4 Å². The minimum Gasteiger partial charge on any atom is -0.508 e. The lowest BCUT2D eigenvalue weighted by Crippen LogP contribution is -1.88. The fourth-order valence-corrected chi connectivity index (χ4v) is 4.29. The maximum Gasteiger partial charge on any atom is 0.154 e. The van der Waals surface area contributed by atoms with Crippen molar-refractivity contribution < 1.29 is 14.3 Å². The summed E-state index contributed by atoms with van der Waals surface area (Å²) in [6.45, 7) is 1.95. The number of rotatable bonds is 3. The minimum atomic E-state index is 0.210. The molecule has 1 N–H and O–H groups in total. The van der Waals surface area contributed by atoms with Gasteiger partial charge in [-0.15, -0.1) is 0 Å². The second-order valence-electron chi connectivity index (χ2n) is 4.88. The summed E-state index contributed by atoms with van der Waals surface area (Å²) in [6, 6.07) is 8.78. The van der Waals surface area contributed by atoms with Crippen molar-refractivity contribution in [2.24, 2.45) is 0 Å². The van der Waals surface area contributed by atoms with Gasteiger partial charge in [0.05, 0.1) is 5.56 Å². The van der Waals surface area contributed by atoms with Crippen molar-refractivity contribution in [3.63, 3.8) is 0 Å². The van der Waals surface area contributed by atoms with E-state index in [0.29, 0.717) is 23.3 Å².